The number of guanidine groups is 1. The largest absolute Gasteiger partial charge is 0.460 e. The second kappa shape index (κ2) is 13.8. The molecule has 1 amide bonds. The Balaban J connectivity index is 1.96. The molecule has 3 rings (SSSR count). The number of carbonyl (C=O) groups excluding carboxylic acids is 3. The van der Waals surface area contributed by atoms with Crippen molar-refractivity contribution in [1.82, 2.24) is 10.2 Å². The summed E-state index contributed by atoms with van der Waals surface area (Å²) in [4.78, 5) is 52.8. The summed E-state index contributed by atoms with van der Waals surface area (Å²) in [6.07, 6.45) is 0.0149. The molecule has 2 aromatic carbocycles. The van der Waals surface area contributed by atoms with E-state index in [2.05, 4.69) is 5.32 Å². The maximum atomic E-state index is 13.7. The maximum Gasteiger partial charge on any atom is 0.414 e. The quantitative estimate of drug-likeness (QED) is 0.0418. The van der Waals surface area contributed by atoms with Crippen molar-refractivity contribution in [2.45, 2.75) is 37.6 Å². The summed E-state index contributed by atoms with van der Waals surface area (Å²) in [6, 6.07) is 9.50. The number of amides is 1. The second-order valence-electron chi connectivity index (χ2n) is 9.08. The van der Waals surface area contributed by atoms with Crippen LogP contribution < -0.4 is 21.5 Å². The molecule has 0 bridgehead atoms. The van der Waals surface area contributed by atoms with E-state index in [9.17, 15) is 24.5 Å². The van der Waals surface area contributed by atoms with E-state index in [0.717, 1.165) is 6.07 Å². The van der Waals surface area contributed by atoms with E-state index in [0.29, 0.717) is 10.5 Å². The van der Waals surface area contributed by atoms with Gasteiger partial charge in [0.05, 0.1) is 26.0 Å². The van der Waals surface area contributed by atoms with E-state index in [1.807, 2.05) is 0 Å². The molecule has 0 radical (unpaired) electrons. The lowest BCUT2D eigenvalue weighted by Crippen LogP contribution is -2.66. The minimum absolute atomic E-state index is 0.0280. The van der Waals surface area contributed by atoms with Gasteiger partial charge in [-0.05, 0) is 30.9 Å². The summed E-state index contributed by atoms with van der Waals surface area (Å²) in [6.45, 7) is -0.383. The van der Waals surface area contributed by atoms with Crippen LogP contribution in [0.1, 0.15) is 24.8 Å². The van der Waals surface area contributed by atoms with Crippen LogP contribution in [0.4, 0.5) is 0 Å². The molecule has 220 valence electrons. The van der Waals surface area contributed by atoms with Crippen molar-refractivity contribution in [3.63, 3.8) is 0 Å². The van der Waals surface area contributed by atoms with E-state index in [4.69, 9.17) is 61.2 Å². The van der Waals surface area contributed by atoms with Crippen LogP contribution >= 0.6 is 34.8 Å². The van der Waals surface area contributed by atoms with E-state index < -0.39 is 40.4 Å². The smallest absolute Gasteiger partial charge is 0.414 e. The van der Waals surface area contributed by atoms with Crippen LogP contribution in [-0.2, 0) is 25.7 Å². The Kier molecular flexibility index (Phi) is 10.7. The topological polar surface area (TPSA) is 204 Å². The first kappa shape index (κ1) is 31.9. The fraction of sp³-hybridized carbons (Fsp3) is 0.360. The van der Waals surface area contributed by atoms with E-state index >= 15 is 0 Å². The summed E-state index contributed by atoms with van der Waals surface area (Å²) in [5.74, 6) is -6.01. The lowest BCUT2D eigenvalue weighted by Gasteiger charge is -2.32. The van der Waals surface area contributed by atoms with Crippen LogP contribution in [0.25, 0.3) is 0 Å². The van der Waals surface area contributed by atoms with Gasteiger partial charge in [0.25, 0.3) is 0 Å². The highest BCUT2D eigenvalue weighted by atomic mass is 35.5. The third-order valence-electron chi connectivity index (χ3n) is 6.39. The minimum atomic E-state index is -3.03. The fourth-order valence-electron chi connectivity index (χ4n) is 4.39. The number of nitrogens with zero attached hydrogens (tertiary/aromatic N) is 2. The van der Waals surface area contributed by atoms with Gasteiger partial charge >= 0.3 is 17.6 Å². The zero-order chi connectivity index (χ0) is 30.3. The Labute approximate surface area is 249 Å². The van der Waals surface area contributed by atoms with Crippen molar-refractivity contribution >= 4 is 58.6 Å². The number of hydrogen-bond acceptors (Lipinski definition) is 9. The Bertz CT molecular complexity index is 1330. The fourth-order valence-corrected chi connectivity index (χ4v) is 4.96. The monoisotopic (exact) mass is 628 g/mol. The molecule has 1 aliphatic rings. The van der Waals surface area contributed by atoms with Gasteiger partial charge in [0.2, 0.25) is 5.91 Å². The average molecular weight is 630 g/mol. The number of rotatable bonds is 11. The Morgan fingerprint density at radius 2 is 1.83 bits per heavy atom. The van der Waals surface area contributed by atoms with E-state index in [1.54, 1.807) is 30.3 Å². The summed E-state index contributed by atoms with van der Waals surface area (Å²) < 4.78 is 10.7. The first-order chi connectivity index (χ1) is 19.4. The Morgan fingerprint density at radius 3 is 2.46 bits per heavy atom. The molecule has 16 heteroatoms. The van der Waals surface area contributed by atoms with Gasteiger partial charge in [0.15, 0.2) is 17.6 Å². The molecule has 0 spiro atoms. The van der Waals surface area contributed by atoms with Crippen molar-refractivity contribution in [1.29, 1.82) is 5.41 Å². The zero-order valence-corrected chi connectivity index (χ0v) is 23.7. The molecule has 13 nitrogen and oxygen atoms in total. The number of esters is 2. The number of nitrogens with one attached hydrogen (secondary N) is 2. The summed E-state index contributed by atoms with van der Waals surface area (Å²) >= 11 is 18.1. The predicted molar refractivity (Wildman–Crippen MR) is 150 cm³/mol. The van der Waals surface area contributed by atoms with Crippen LogP contribution in [0.3, 0.4) is 0 Å². The molecule has 0 aliphatic carbocycles. The molecule has 41 heavy (non-hydrogen) atoms. The number of nitro groups is 1. The molecule has 2 aromatic rings. The standard InChI is InChI=1S/C25H27Cl3N6O7/c26-16-11-18(28)20(12-17(16)27)41-23(37)25(34(38)39)15(22(36)40-13-14-5-2-1-3-6-14)8-10-33(25)21(35)19(29)7-4-9-32-24(30)31/h1-3,5-6,11-12,15,19H,4,7-10,13,29H2,(H4,30,31,32)/t15?,19-,25+/m0/s1. The molecule has 1 fully saturated rings. The van der Waals surface area contributed by atoms with Gasteiger partial charge in [-0.1, -0.05) is 65.1 Å². The normalized spacial score (nSPS) is 18.8. The lowest BCUT2D eigenvalue weighted by atomic mass is 9.92. The highest BCUT2D eigenvalue weighted by Crippen LogP contribution is 2.41. The van der Waals surface area contributed by atoms with Crippen molar-refractivity contribution in [2.24, 2.45) is 17.4 Å². The molecular weight excluding hydrogens is 603 g/mol. The van der Waals surface area contributed by atoms with Crippen molar-refractivity contribution in [3.05, 3.63) is 73.2 Å². The third kappa shape index (κ3) is 7.17. The number of halogens is 3. The molecule has 1 aliphatic heterocycles. The SMILES string of the molecule is N=C(N)NCCC[C@H](N)C(=O)N1CCC(C(=O)OCc2ccccc2)[C@]1(C(=O)Oc1cc(Cl)c(Cl)cc1Cl)[N+](=O)[O-]. The molecule has 1 heterocycles. The average Bonchev–Trinajstić information content (AvgIpc) is 3.34. The first-order valence-electron chi connectivity index (χ1n) is 12.3. The maximum absolute atomic E-state index is 13.7. The molecule has 3 atom stereocenters. The molecular formula is C25H27Cl3N6O7. The van der Waals surface area contributed by atoms with Crippen LogP contribution in [0.15, 0.2) is 42.5 Å². The number of hydrogen-bond donors (Lipinski definition) is 4. The Hall–Kier alpha value is -3.65. The highest BCUT2D eigenvalue weighted by molar-refractivity contribution is 6.43. The number of ether oxygens (including phenoxy) is 2. The van der Waals surface area contributed by atoms with Crippen molar-refractivity contribution in [2.75, 3.05) is 13.1 Å². The van der Waals surface area contributed by atoms with Gasteiger partial charge in [-0.25, -0.2) is 4.79 Å². The first-order valence-corrected chi connectivity index (χ1v) is 13.4. The van der Waals surface area contributed by atoms with Gasteiger partial charge in [-0.2, -0.15) is 0 Å². The minimum Gasteiger partial charge on any atom is -0.460 e. The molecule has 1 saturated heterocycles. The second-order valence-corrected chi connectivity index (χ2v) is 10.3. The zero-order valence-electron chi connectivity index (χ0n) is 21.5. The van der Waals surface area contributed by atoms with E-state index in [1.165, 1.54) is 6.07 Å². The van der Waals surface area contributed by atoms with Crippen molar-refractivity contribution in [3.8, 4) is 5.75 Å². The summed E-state index contributed by atoms with van der Waals surface area (Å²) in [5, 5.41) is 22.3. The van der Waals surface area contributed by atoms with Crippen LogP contribution in [-0.4, -0.2) is 58.4 Å². The van der Waals surface area contributed by atoms with Gasteiger partial charge in [-0.15, -0.1) is 0 Å². The van der Waals surface area contributed by atoms with Crippen LogP contribution in [0, 0.1) is 21.4 Å². The predicted octanol–water partition coefficient (Wildman–Crippen LogP) is 2.71. The van der Waals surface area contributed by atoms with Gasteiger partial charge in [-0.3, -0.25) is 30.0 Å². The third-order valence-corrected chi connectivity index (χ3v) is 7.41. The van der Waals surface area contributed by atoms with Gasteiger partial charge < -0.3 is 26.3 Å². The summed E-state index contributed by atoms with van der Waals surface area (Å²) in [7, 11) is 0. The highest BCUT2D eigenvalue weighted by Gasteiger charge is 2.72. The molecule has 1 unspecified atom stereocenters. The Morgan fingerprint density at radius 1 is 1.17 bits per heavy atom. The van der Waals surface area contributed by atoms with Crippen LogP contribution in [0.5, 0.6) is 5.75 Å². The molecule has 0 saturated carbocycles. The van der Waals surface area contributed by atoms with Gasteiger partial charge in [0.1, 0.15) is 6.61 Å². The number of benzene rings is 2. The van der Waals surface area contributed by atoms with Crippen LogP contribution in [0.2, 0.25) is 15.1 Å². The number of likely N-dealkylation sites (tertiary alicyclic amines) is 1. The van der Waals surface area contributed by atoms with E-state index in [-0.39, 0.29) is 65.7 Å². The molecule has 0 aromatic heterocycles. The number of nitrogens with two attached hydrogens (primary N) is 2. The summed E-state index contributed by atoms with van der Waals surface area (Å²) in [5.41, 5.74) is 8.86. The van der Waals surface area contributed by atoms with Crippen molar-refractivity contribution < 1.29 is 28.8 Å². The lowest BCUT2D eigenvalue weighted by molar-refractivity contribution is -0.582. The molecule has 6 N–H and O–H groups in total. The van der Waals surface area contributed by atoms with Gasteiger partial charge in [0, 0.05) is 19.2 Å². The number of carbonyl (C=O) groups is 3.